The maximum atomic E-state index is 13.2. The van der Waals surface area contributed by atoms with Crippen LogP contribution in [0.5, 0.6) is 0 Å². The van der Waals surface area contributed by atoms with Crippen molar-refractivity contribution in [1.82, 2.24) is 9.80 Å². The Balaban J connectivity index is 0.000000672. The predicted octanol–water partition coefficient (Wildman–Crippen LogP) is 5.97. The van der Waals surface area contributed by atoms with E-state index in [9.17, 15) is 9.18 Å². The quantitative estimate of drug-likeness (QED) is 0.455. The van der Waals surface area contributed by atoms with Gasteiger partial charge in [0.15, 0.2) is 0 Å². The van der Waals surface area contributed by atoms with E-state index in [-0.39, 0.29) is 11.7 Å². The van der Waals surface area contributed by atoms with E-state index in [1.807, 2.05) is 54.3 Å². The molecule has 2 saturated heterocycles. The van der Waals surface area contributed by atoms with Crippen molar-refractivity contribution in [3.63, 3.8) is 0 Å². The fraction of sp³-hybridized carbons (Fsp3) is 0.433. The molecule has 0 bridgehead atoms. The van der Waals surface area contributed by atoms with Gasteiger partial charge >= 0.3 is 0 Å². The average molecular weight is 477 g/mol. The topological polar surface area (TPSA) is 32.8 Å². The number of hydrogen-bond acceptors (Lipinski definition) is 3. The number of fused-ring (bicyclic) bond motifs is 1. The number of likely N-dealkylation sites (tertiary alicyclic amines) is 2. The van der Waals surface area contributed by atoms with Crippen molar-refractivity contribution < 1.29 is 13.9 Å². The van der Waals surface area contributed by atoms with Crippen molar-refractivity contribution in [3.8, 4) is 0 Å². The van der Waals surface area contributed by atoms with Gasteiger partial charge in [0.25, 0.3) is 5.91 Å². The van der Waals surface area contributed by atoms with E-state index in [1.165, 1.54) is 5.56 Å². The van der Waals surface area contributed by atoms with Crippen LogP contribution in [0.4, 0.5) is 4.39 Å². The summed E-state index contributed by atoms with van der Waals surface area (Å²) in [6.45, 7) is 7.69. The zero-order valence-corrected chi connectivity index (χ0v) is 21.0. The van der Waals surface area contributed by atoms with Gasteiger partial charge in [0.1, 0.15) is 5.82 Å². The summed E-state index contributed by atoms with van der Waals surface area (Å²) in [5.74, 6) is 1.07. The first-order chi connectivity index (χ1) is 17.1. The van der Waals surface area contributed by atoms with Gasteiger partial charge in [-0.2, -0.15) is 0 Å². The summed E-state index contributed by atoms with van der Waals surface area (Å²) in [4.78, 5) is 17.8. The van der Waals surface area contributed by atoms with E-state index in [0.717, 1.165) is 74.9 Å². The van der Waals surface area contributed by atoms with Crippen LogP contribution in [0.3, 0.4) is 0 Å². The lowest BCUT2D eigenvalue weighted by molar-refractivity contribution is 0.0784. The summed E-state index contributed by atoms with van der Waals surface area (Å²) < 4.78 is 17.7. The van der Waals surface area contributed by atoms with E-state index in [1.54, 1.807) is 19.2 Å². The highest BCUT2D eigenvalue weighted by atomic mass is 19.1. The molecule has 2 fully saturated rings. The first-order valence-electron chi connectivity index (χ1n) is 12.8. The average Bonchev–Trinajstić information content (AvgIpc) is 3.37. The number of amides is 1. The largest absolute Gasteiger partial charge is 0.385 e. The number of ether oxygens (including phenoxy) is 1. The number of nitrogens with zero attached hydrogens (tertiary/aromatic N) is 2. The third kappa shape index (κ3) is 6.47. The van der Waals surface area contributed by atoms with Crippen LogP contribution in [-0.4, -0.2) is 62.1 Å². The molecular formula is C30H37FN2O2. The second-order valence-electron chi connectivity index (χ2n) is 9.64. The van der Waals surface area contributed by atoms with E-state index < -0.39 is 0 Å². The van der Waals surface area contributed by atoms with Crippen LogP contribution in [0, 0.1) is 11.7 Å². The molecule has 5 heteroatoms. The maximum absolute atomic E-state index is 13.2. The first kappa shape index (κ1) is 25.3. The summed E-state index contributed by atoms with van der Waals surface area (Å²) in [7, 11) is 1.68. The Hall–Kier alpha value is -2.76. The summed E-state index contributed by atoms with van der Waals surface area (Å²) in [5.41, 5.74) is 2.08. The summed E-state index contributed by atoms with van der Waals surface area (Å²) in [6, 6.07) is 21.1. The Morgan fingerprint density at radius 2 is 1.63 bits per heavy atom. The van der Waals surface area contributed by atoms with Crippen molar-refractivity contribution >= 4 is 16.7 Å². The lowest BCUT2D eigenvalue weighted by atomic mass is 9.89. The standard InChI is InChI=1S/C27H29FN2O.C3H8O/c28-24-10-8-21(9-11-24)22-13-15-29(16-14-22)18-20-12-17-30(19-20)27(31)26-7-3-5-23-4-1-2-6-25(23)26;1-3-4-2/h1-11,20,22H,12-19H2;3H2,1-2H3/t20-;/m1./s1. The number of methoxy groups -OCH3 is 1. The van der Waals surface area contributed by atoms with Crippen LogP contribution < -0.4 is 0 Å². The van der Waals surface area contributed by atoms with E-state index in [4.69, 9.17) is 0 Å². The Morgan fingerprint density at radius 3 is 2.34 bits per heavy atom. The number of benzene rings is 3. The second-order valence-corrected chi connectivity index (χ2v) is 9.64. The SMILES string of the molecule is CCOC.O=C(c1cccc2ccccc12)N1CC[C@H](CN2CCC(c3ccc(F)cc3)CC2)C1. The van der Waals surface area contributed by atoms with Crippen LogP contribution in [0.2, 0.25) is 0 Å². The smallest absolute Gasteiger partial charge is 0.254 e. The molecule has 2 aliphatic heterocycles. The molecule has 3 aromatic carbocycles. The molecular weight excluding hydrogens is 439 g/mol. The van der Waals surface area contributed by atoms with Gasteiger partial charge in [0.2, 0.25) is 0 Å². The summed E-state index contributed by atoms with van der Waals surface area (Å²) in [5, 5.41) is 2.16. The third-order valence-electron chi connectivity index (χ3n) is 7.33. The van der Waals surface area contributed by atoms with Crippen LogP contribution in [0.1, 0.15) is 48.0 Å². The lowest BCUT2D eigenvalue weighted by Crippen LogP contribution is -2.37. The van der Waals surface area contributed by atoms with Crippen molar-refractivity contribution in [3.05, 3.63) is 83.7 Å². The molecule has 1 amide bonds. The number of carbonyl (C=O) groups excluding carboxylic acids is 1. The van der Waals surface area contributed by atoms with Gasteiger partial charge in [0, 0.05) is 38.9 Å². The molecule has 186 valence electrons. The Labute approximate surface area is 208 Å². The molecule has 0 spiro atoms. The predicted molar refractivity (Wildman–Crippen MR) is 140 cm³/mol. The molecule has 2 aliphatic rings. The van der Waals surface area contributed by atoms with Gasteiger partial charge < -0.3 is 14.5 Å². The summed E-state index contributed by atoms with van der Waals surface area (Å²) >= 11 is 0. The number of halogens is 1. The highest BCUT2D eigenvalue weighted by molar-refractivity contribution is 6.07. The Morgan fingerprint density at radius 1 is 0.943 bits per heavy atom. The number of piperidine rings is 1. The van der Waals surface area contributed by atoms with Crippen molar-refractivity contribution in [2.75, 3.05) is 46.4 Å². The first-order valence-corrected chi connectivity index (χ1v) is 12.8. The molecule has 35 heavy (non-hydrogen) atoms. The molecule has 0 aliphatic carbocycles. The number of rotatable bonds is 5. The number of hydrogen-bond donors (Lipinski definition) is 0. The van der Waals surface area contributed by atoms with E-state index in [2.05, 4.69) is 21.8 Å². The monoisotopic (exact) mass is 476 g/mol. The molecule has 0 N–H and O–H groups in total. The highest BCUT2D eigenvalue weighted by Crippen LogP contribution is 2.30. The molecule has 5 rings (SSSR count). The summed E-state index contributed by atoms with van der Waals surface area (Å²) in [6.07, 6.45) is 3.32. The van der Waals surface area contributed by atoms with E-state index in [0.29, 0.717) is 11.8 Å². The molecule has 1 atom stereocenters. The molecule has 0 unspecified atom stereocenters. The van der Waals surface area contributed by atoms with Crippen LogP contribution >= 0.6 is 0 Å². The Kier molecular flexibility index (Phi) is 8.89. The van der Waals surface area contributed by atoms with Crippen molar-refractivity contribution in [1.29, 1.82) is 0 Å². The van der Waals surface area contributed by atoms with Gasteiger partial charge in [0.05, 0.1) is 0 Å². The fourth-order valence-corrected chi connectivity index (χ4v) is 5.30. The molecule has 0 radical (unpaired) electrons. The van der Waals surface area contributed by atoms with Gasteiger partial charge in [-0.15, -0.1) is 0 Å². The highest BCUT2D eigenvalue weighted by Gasteiger charge is 2.30. The Bertz CT molecular complexity index is 1090. The maximum Gasteiger partial charge on any atom is 0.254 e. The van der Waals surface area contributed by atoms with Crippen LogP contribution in [-0.2, 0) is 4.74 Å². The lowest BCUT2D eigenvalue weighted by Gasteiger charge is -2.33. The second kappa shape index (κ2) is 12.3. The van der Waals surface area contributed by atoms with Gasteiger partial charge in [-0.3, -0.25) is 4.79 Å². The van der Waals surface area contributed by atoms with Crippen LogP contribution in [0.15, 0.2) is 66.7 Å². The zero-order valence-electron chi connectivity index (χ0n) is 21.0. The minimum Gasteiger partial charge on any atom is -0.385 e. The minimum atomic E-state index is -0.162. The van der Waals surface area contributed by atoms with Crippen LogP contribution in [0.25, 0.3) is 10.8 Å². The van der Waals surface area contributed by atoms with Gasteiger partial charge in [-0.05, 0) is 85.6 Å². The van der Waals surface area contributed by atoms with Crippen molar-refractivity contribution in [2.24, 2.45) is 5.92 Å². The minimum absolute atomic E-state index is 0.161. The van der Waals surface area contributed by atoms with Gasteiger partial charge in [-0.25, -0.2) is 4.39 Å². The fourth-order valence-electron chi connectivity index (χ4n) is 5.30. The zero-order chi connectivity index (χ0) is 24.6. The van der Waals surface area contributed by atoms with E-state index >= 15 is 0 Å². The molecule has 2 heterocycles. The molecule has 0 saturated carbocycles. The molecule has 4 nitrogen and oxygen atoms in total. The van der Waals surface area contributed by atoms with Gasteiger partial charge in [-0.1, -0.05) is 48.5 Å². The molecule has 0 aromatic heterocycles. The number of carbonyl (C=O) groups is 1. The normalized spacial score (nSPS) is 18.9. The van der Waals surface area contributed by atoms with Crippen molar-refractivity contribution in [2.45, 2.75) is 32.1 Å². The molecule has 3 aromatic rings. The third-order valence-corrected chi connectivity index (χ3v) is 7.33.